The highest BCUT2D eigenvalue weighted by Gasteiger charge is 2.05. The lowest BCUT2D eigenvalue weighted by molar-refractivity contribution is 0.111. The summed E-state index contributed by atoms with van der Waals surface area (Å²) in [4.78, 5) is 14.3. The minimum atomic E-state index is -0.168. The monoisotopic (exact) mass is 251 g/mol. The number of carbonyl (C=O) groups excluding carboxylic acids is 1. The molecule has 0 atom stereocenters. The maximum Gasteiger partial charge on any atom is 0.168 e. The van der Waals surface area contributed by atoms with E-state index in [9.17, 15) is 4.79 Å². The summed E-state index contributed by atoms with van der Waals surface area (Å²) in [6.07, 6.45) is 2.15. The third-order valence-corrected chi connectivity index (χ3v) is 1.56. The molecule has 0 saturated heterocycles. The highest BCUT2D eigenvalue weighted by Crippen LogP contribution is 2.14. The minimum Gasteiger partial charge on any atom is -0.506 e. The second-order valence-corrected chi connectivity index (χ2v) is 2.85. The molecule has 0 aliphatic rings. The number of rotatable bonds is 3. The van der Waals surface area contributed by atoms with Gasteiger partial charge in [0.1, 0.15) is 17.1 Å². The van der Waals surface area contributed by atoms with Crippen molar-refractivity contribution in [2.75, 3.05) is 14.2 Å². The van der Waals surface area contributed by atoms with Crippen LogP contribution in [0.15, 0.2) is 25.3 Å². The number of pyridine rings is 1. The highest BCUT2D eigenvalue weighted by molar-refractivity contribution is 5.75. The molecular formula is C14H21NO3. The maximum atomic E-state index is 10.4. The number of carbonyl (C=O) groups is 1. The number of aliphatic hydroxyl groups excluding tert-OH is 1. The van der Waals surface area contributed by atoms with Gasteiger partial charge in [0, 0.05) is 19.8 Å². The number of methoxy groups -OCH3 is 1. The van der Waals surface area contributed by atoms with E-state index in [0.29, 0.717) is 17.5 Å². The molecule has 0 radical (unpaired) electrons. The molecule has 1 heterocycles. The SMILES string of the molecule is C=Cc1ccc(C=O)nc1C(=C)O.CC.COC. The van der Waals surface area contributed by atoms with Crippen molar-refractivity contribution in [3.8, 4) is 0 Å². The van der Waals surface area contributed by atoms with E-state index in [0.717, 1.165) is 0 Å². The normalized spacial score (nSPS) is 8.00. The first-order valence-corrected chi connectivity index (χ1v) is 5.47. The number of hydrogen-bond donors (Lipinski definition) is 1. The zero-order chi connectivity index (χ0) is 14.6. The Kier molecular flexibility index (Phi) is 11.8. The van der Waals surface area contributed by atoms with Crippen molar-refractivity contribution < 1.29 is 14.6 Å². The van der Waals surface area contributed by atoms with Crippen LogP contribution in [0.3, 0.4) is 0 Å². The quantitative estimate of drug-likeness (QED) is 0.661. The third-order valence-electron chi connectivity index (χ3n) is 1.56. The Bertz CT molecular complexity index is 387. The van der Waals surface area contributed by atoms with Gasteiger partial charge in [-0.05, 0) is 6.07 Å². The van der Waals surface area contributed by atoms with E-state index in [2.05, 4.69) is 22.9 Å². The average molecular weight is 251 g/mol. The molecule has 100 valence electrons. The van der Waals surface area contributed by atoms with Crippen LogP contribution in [0.25, 0.3) is 11.8 Å². The van der Waals surface area contributed by atoms with Crippen molar-refractivity contribution in [1.82, 2.24) is 4.98 Å². The van der Waals surface area contributed by atoms with E-state index in [1.54, 1.807) is 26.4 Å². The third kappa shape index (κ3) is 6.60. The van der Waals surface area contributed by atoms with Gasteiger partial charge in [0.2, 0.25) is 0 Å². The molecule has 1 aromatic rings. The van der Waals surface area contributed by atoms with Crippen molar-refractivity contribution in [2.45, 2.75) is 13.8 Å². The first-order valence-electron chi connectivity index (χ1n) is 5.47. The van der Waals surface area contributed by atoms with Gasteiger partial charge in [-0.3, -0.25) is 4.79 Å². The van der Waals surface area contributed by atoms with Crippen LogP contribution in [-0.4, -0.2) is 30.6 Å². The molecule has 1 rings (SSSR count). The molecule has 4 heteroatoms. The lowest BCUT2D eigenvalue weighted by atomic mass is 10.1. The second kappa shape index (κ2) is 11.5. The maximum absolute atomic E-state index is 10.4. The molecule has 0 aromatic carbocycles. The Morgan fingerprint density at radius 1 is 1.39 bits per heavy atom. The summed E-state index contributed by atoms with van der Waals surface area (Å²) in [5.74, 6) is -0.168. The first-order chi connectivity index (χ1) is 8.60. The molecule has 0 fully saturated rings. The number of aromatic nitrogens is 1. The first kappa shape index (κ1) is 18.4. The van der Waals surface area contributed by atoms with Crippen LogP contribution in [-0.2, 0) is 4.74 Å². The van der Waals surface area contributed by atoms with E-state index in [1.807, 2.05) is 13.8 Å². The van der Waals surface area contributed by atoms with E-state index < -0.39 is 0 Å². The van der Waals surface area contributed by atoms with Crippen molar-refractivity contribution in [2.24, 2.45) is 0 Å². The lowest BCUT2D eigenvalue weighted by Crippen LogP contribution is -1.96. The van der Waals surface area contributed by atoms with Gasteiger partial charge < -0.3 is 9.84 Å². The van der Waals surface area contributed by atoms with Crippen molar-refractivity contribution in [3.05, 3.63) is 42.2 Å². The largest absolute Gasteiger partial charge is 0.506 e. The molecule has 0 aliphatic heterocycles. The van der Waals surface area contributed by atoms with Gasteiger partial charge >= 0.3 is 0 Å². The van der Waals surface area contributed by atoms with Crippen LogP contribution in [0.5, 0.6) is 0 Å². The Morgan fingerprint density at radius 2 is 1.89 bits per heavy atom. The van der Waals surface area contributed by atoms with E-state index >= 15 is 0 Å². The standard InChI is InChI=1S/C10H9NO2.C2H6O.C2H6/c1-3-8-4-5-9(6-12)11-10(8)7(2)13;1-3-2;1-2/h3-6,13H,1-2H2;1-2H3;1-2H3. The summed E-state index contributed by atoms with van der Waals surface area (Å²) < 4.78 is 4.25. The molecule has 0 amide bonds. The van der Waals surface area contributed by atoms with Gasteiger partial charge in [0.05, 0.1) is 0 Å². The van der Waals surface area contributed by atoms with Crippen LogP contribution in [0, 0.1) is 0 Å². The van der Waals surface area contributed by atoms with Gasteiger partial charge in [0.25, 0.3) is 0 Å². The summed E-state index contributed by atoms with van der Waals surface area (Å²) in [7, 11) is 3.25. The van der Waals surface area contributed by atoms with E-state index in [4.69, 9.17) is 5.11 Å². The second-order valence-electron chi connectivity index (χ2n) is 2.85. The molecule has 0 bridgehead atoms. The number of ether oxygens (including phenoxy) is 1. The predicted molar refractivity (Wildman–Crippen MR) is 75.7 cm³/mol. The molecule has 0 spiro atoms. The molecule has 1 N–H and O–H groups in total. The van der Waals surface area contributed by atoms with Crippen LogP contribution in [0.4, 0.5) is 0 Å². The van der Waals surface area contributed by atoms with Crippen LogP contribution >= 0.6 is 0 Å². The smallest absolute Gasteiger partial charge is 0.168 e. The van der Waals surface area contributed by atoms with Gasteiger partial charge in [-0.2, -0.15) is 0 Å². The average Bonchev–Trinajstić information content (AvgIpc) is 2.41. The van der Waals surface area contributed by atoms with Crippen molar-refractivity contribution in [1.29, 1.82) is 0 Å². The number of aldehydes is 1. The predicted octanol–water partition coefficient (Wildman–Crippen LogP) is 3.35. The summed E-state index contributed by atoms with van der Waals surface area (Å²) in [6, 6.07) is 3.21. The lowest BCUT2D eigenvalue weighted by Gasteiger charge is -2.02. The molecule has 0 aliphatic carbocycles. The zero-order valence-corrected chi connectivity index (χ0v) is 11.4. The Hall–Kier alpha value is -1.94. The molecule has 4 nitrogen and oxygen atoms in total. The Balaban J connectivity index is 0. The summed E-state index contributed by atoms with van der Waals surface area (Å²) in [5, 5.41) is 9.13. The highest BCUT2D eigenvalue weighted by atomic mass is 16.4. The van der Waals surface area contributed by atoms with Gasteiger partial charge in [0.15, 0.2) is 6.29 Å². The number of hydrogen-bond acceptors (Lipinski definition) is 4. The Morgan fingerprint density at radius 3 is 2.22 bits per heavy atom. The van der Waals surface area contributed by atoms with E-state index in [-0.39, 0.29) is 11.5 Å². The van der Waals surface area contributed by atoms with Crippen LogP contribution in [0.2, 0.25) is 0 Å². The minimum absolute atomic E-state index is 0.168. The summed E-state index contributed by atoms with van der Waals surface area (Å²) in [6.45, 7) is 10.9. The van der Waals surface area contributed by atoms with E-state index in [1.165, 1.54) is 6.08 Å². The fourth-order valence-electron chi connectivity index (χ4n) is 0.947. The number of aliphatic hydroxyl groups is 1. The topological polar surface area (TPSA) is 59.4 Å². The fraction of sp³-hybridized carbons (Fsp3) is 0.286. The zero-order valence-electron chi connectivity index (χ0n) is 11.4. The van der Waals surface area contributed by atoms with Crippen molar-refractivity contribution in [3.63, 3.8) is 0 Å². The Labute approximate surface area is 109 Å². The summed E-state index contributed by atoms with van der Waals surface area (Å²) in [5.41, 5.74) is 1.20. The molecular weight excluding hydrogens is 230 g/mol. The fourth-order valence-corrected chi connectivity index (χ4v) is 0.947. The molecule has 0 saturated carbocycles. The van der Waals surface area contributed by atoms with Crippen molar-refractivity contribution >= 4 is 18.1 Å². The molecule has 1 aromatic heterocycles. The number of nitrogens with zero attached hydrogens (tertiary/aromatic N) is 1. The van der Waals surface area contributed by atoms with Gasteiger partial charge in [-0.1, -0.05) is 39.1 Å². The van der Waals surface area contributed by atoms with Gasteiger partial charge in [-0.15, -0.1) is 0 Å². The molecule has 18 heavy (non-hydrogen) atoms. The summed E-state index contributed by atoms with van der Waals surface area (Å²) >= 11 is 0. The van der Waals surface area contributed by atoms with Gasteiger partial charge in [-0.25, -0.2) is 4.98 Å². The van der Waals surface area contributed by atoms with Crippen LogP contribution in [0.1, 0.15) is 35.6 Å². The van der Waals surface area contributed by atoms with Crippen LogP contribution < -0.4 is 0 Å². The molecule has 0 unspecified atom stereocenters.